The van der Waals surface area contributed by atoms with Gasteiger partial charge in [-0.3, -0.25) is 4.79 Å². The second-order valence-corrected chi connectivity index (χ2v) is 8.16. The Labute approximate surface area is 164 Å². The van der Waals surface area contributed by atoms with Gasteiger partial charge >= 0.3 is 5.97 Å². The molecular formula is C21H25N2O5-. The van der Waals surface area contributed by atoms with E-state index < -0.39 is 29.4 Å². The third-order valence-electron chi connectivity index (χ3n) is 7.33. The van der Waals surface area contributed by atoms with Crippen LogP contribution in [0.15, 0.2) is 35.9 Å². The van der Waals surface area contributed by atoms with Crippen LogP contribution in [0.4, 0.5) is 5.69 Å². The minimum atomic E-state index is -1.02. The lowest BCUT2D eigenvalue weighted by molar-refractivity contribution is -0.195. The first-order valence-corrected chi connectivity index (χ1v) is 9.77. The Hall–Kier alpha value is -1.93. The molecule has 3 fully saturated rings. The number of fused-ring (bicyclic) bond motifs is 3. The topological polar surface area (TPSA) is 83.1 Å². The van der Waals surface area contributed by atoms with Crippen LogP contribution in [0.3, 0.4) is 0 Å². The Morgan fingerprint density at radius 2 is 2.18 bits per heavy atom. The number of anilines is 1. The molecule has 1 N–H and O–H groups in total. The zero-order chi connectivity index (χ0) is 19.7. The van der Waals surface area contributed by atoms with Gasteiger partial charge in [-0.15, -0.1) is 0 Å². The van der Waals surface area contributed by atoms with Crippen molar-refractivity contribution in [3.63, 3.8) is 0 Å². The number of nitrogens with one attached hydrogen (secondary N) is 1. The summed E-state index contributed by atoms with van der Waals surface area (Å²) in [6.07, 6.45) is 2.51. The van der Waals surface area contributed by atoms with Gasteiger partial charge < -0.3 is 29.8 Å². The first kappa shape index (κ1) is 18.1. The maximum absolute atomic E-state index is 13.2. The lowest BCUT2D eigenvalue weighted by atomic mass is 9.51. The zero-order valence-corrected chi connectivity index (χ0v) is 16.3. The van der Waals surface area contributed by atoms with Crippen molar-refractivity contribution in [2.45, 2.75) is 43.2 Å². The molecule has 2 saturated heterocycles. The highest BCUT2D eigenvalue weighted by molar-refractivity contribution is 5.81. The van der Waals surface area contributed by atoms with Crippen molar-refractivity contribution in [2.24, 2.45) is 11.8 Å². The first-order valence-electron chi connectivity index (χ1n) is 9.77. The Morgan fingerprint density at radius 1 is 1.39 bits per heavy atom. The number of carbonyl (C=O) groups is 1. The summed E-state index contributed by atoms with van der Waals surface area (Å²) in [6.45, 7) is 2.21. The lowest BCUT2D eigenvalue weighted by Crippen LogP contribution is -2.72. The van der Waals surface area contributed by atoms with Crippen LogP contribution < -0.4 is 5.32 Å². The third-order valence-corrected chi connectivity index (χ3v) is 7.33. The number of para-hydroxylation sites is 1. The molecule has 6 atom stereocenters. The number of benzene rings is 1. The maximum atomic E-state index is 13.2. The standard InChI is InChI=1S/C21H25N2O5/c1-4-12-11-23(25)16-9-13(12)18(19(24)27-3)20-10-17(26-2)28-21(16,20)22-15-8-6-5-7-14(15)20/h4-8,13,16-18,22H,9-11H2,1-3H3/q-1/t13-,16-,17-,18+,20+,21+/m1/s1. The van der Waals surface area contributed by atoms with Gasteiger partial charge in [0, 0.05) is 31.8 Å². The highest BCUT2D eigenvalue weighted by Crippen LogP contribution is 2.68. The minimum Gasteiger partial charge on any atom is -0.785 e. The number of hydroxylamine groups is 2. The van der Waals surface area contributed by atoms with Crippen LogP contribution in [0.2, 0.25) is 0 Å². The van der Waals surface area contributed by atoms with Crippen LogP contribution in [0.5, 0.6) is 0 Å². The summed E-state index contributed by atoms with van der Waals surface area (Å²) in [5.41, 5.74) is 1.16. The fraction of sp³-hybridized carbons (Fsp3) is 0.571. The van der Waals surface area contributed by atoms with Gasteiger partial charge in [0.05, 0.1) is 18.4 Å². The first-order chi connectivity index (χ1) is 13.5. The molecule has 1 aliphatic carbocycles. The summed E-state index contributed by atoms with van der Waals surface area (Å²) < 4.78 is 17.4. The average Bonchev–Trinajstić information content (AvgIpc) is 3.19. The van der Waals surface area contributed by atoms with E-state index in [1.54, 1.807) is 7.11 Å². The molecule has 5 rings (SSSR count). The summed E-state index contributed by atoms with van der Waals surface area (Å²) >= 11 is 0. The van der Waals surface area contributed by atoms with Crippen LogP contribution in [-0.4, -0.2) is 49.9 Å². The number of hydrogen-bond acceptors (Lipinski definition) is 7. The van der Waals surface area contributed by atoms with Crippen molar-refractivity contribution in [2.75, 3.05) is 26.1 Å². The van der Waals surface area contributed by atoms with E-state index in [0.29, 0.717) is 12.8 Å². The van der Waals surface area contributed by atoms with Gasteiger partial charge in [-0.25, -0.2) is 0 Å². The number of allylic oxidation sites excluding steroid dienone is 1. The highest BCUT2D eigenvalue weighted by atomic mass is 16.7. The molecule has 7 nitrogen and oxygen atoms in total. The summed E-state index contributed by atoms with van der Waals surface area (Å²) in [6, 6.07) is 7.51. The predicted molar refractivity (Wildman–Crippen MR) is 102 cm³/mol. The maximum Gasteiger partial charge on any atom is 0.310 e. The van der Waals surface area contributed by atoms with Crippen LogP contribution in [-0.2, 0) is 24.4 Å². The summed E-state index contributed by atoms with van der Waals surface area (Å²) in [5.74, 6) is -0.775. The Morgan fingerprint density at radius 3 is 2.89 bits per heavy atom. The van der Waals surface area contributed by atoms with E-state index in [-0.39, 0.29) is 18.4 Å². The molecule has 0 spiro atoms. The average molecular weight is 385 g/mol. The van der Waals surface area contributed by atoms with E-state index in [9.17, 15) is 10.0 Å². The molecule has 28 heavy (non-hydrogen) atoms. The van der Waals surface area contributed by atoms with Crippen molar-refractivity contribution in [3.8, 4) is 0 Å². The van der Waals surface area contributed by atoms with Crippen LogP contribution in [0.25, 0.3) is 0 Å². The van der Waals surface area contributed by atoms with Gasteiger partial charge in [0.15, 0.2) is 12.0 Å². The monoisotopic (exact) mass is 385 g/mol. The number of hydrogen-bond donors (Lipinski definition) is 1. The van der Waals surface area contributed by atoms with Gasteiger partial charge in [0.25, 0.3) is 0 Å². The van der Waals surface area contributed by atoms with Gasteiger partial charge in [-0.05, 0) is 30.9 Å². The fourth-order valence-corrected chi connectivity index (χ4v) is 6.29. The van der Waals surface area contributed by atoms with Crippen molar-refractivity contribution in [3.05, 3.63) is 46.7 Å². The molecular weight excluding hydrogens is 360 g/mol. The molecule has 1 aromatic rings. The minimum absolute atomic E-state index is 0.0621. The lowest BCUT2D eigenvalue weighted by Gasteiger charge is -2.62. The molecule has 0 radical (unpaired) electrons. The number of nitrogens with zero attached hydrogens (tertiary/aromatic N) is 1. The van der Waals surface area contributed by atoms with Gasteiger partial charge in [-0.2, -0.15) is 0 Å². The summed E-state index contributed by atoms with van der Waals surface area (Å²) in [7, 11) is 3.03. The quantitative estimate of drug-likeness (QED) is 0.618. The zero-order valence-electron chi connectivity index (χ0n) is 16.3. The molecule has 3 aliphatic heterocycles. The van der Waals surface area contributed by atoms with Crippen LogP contribution >= 0.6 is 0 Å². The number of piperidine rings is 1. The number of methoxy groups -OCH3 is 2. The van der Waals surface area contributed by atoms with Crippen LogP contribution in [0.1, 0.15) is 25.3 Å². The molecule has 1 aromatic carbocycles. The second kappa shape index (κ2) is 6.03. The van der Waals surface area contributed by atoms with E-state index in [0.717, 1.165) is 21.9 Å². The Bertz CT molecular complexity index is 857. The van der Waals surface area contributed by atoms with Crippen molar-refractivity contribution in [1.29, 1.82) is 0 Å². The van der Waals surface area contributed by atoms with E-state index in [2.05, 4.69) is 5.32 Å². The van der Waals surface area contributed by atoms with Gasteiger partial charge in [0.2, 0.25) is 0 Å². The number of ether oxygens (including phenoxy) is 3. The molecule has 7 heteroatoms. The molecule has 2 bridgehead atoms. The Kier molecular flexibility index (Phi) is 3.90. The normalized spacial score (nSPS) is 42.5. The molecule has 0 aromatic heterocycles. The molecule has 1 saturated carbocycles. The number of esters is 1. The third kappa shape index (κ3) is 1.95. The summed E-state index contributed by atoms with van der Waals surface area (Å²) in [4.78, 5) is 13.2. The van der Waals surface area contributed by atoms with E-state index in [1.807, 2.05) is 37.3 Å². The van der Waals surface area contributed by atoms with Gasteiger partial charge in [-0.1, -0.05) is 29.8 Å². The number of rotatable bonds is 2. The molecule has 0 amide bonds. The second-order valence-electron chi connectivity index (χ2n) is 8.16. The Balaban J connectivity index is 1.81. The fourth-order valence-electron chi connectivity index (χ4n) is 6.29. The predicted octanol–water partition coefficient (Wildman–Crippen LogP) is 2.38. The smallest absolute Gasteiger partial charge is 0.310 e. The molecule has 0 unspecified atom stereocenters. The molecule has 150 valence electrons. The molecule has 3 heterocycles. The highest BCUT2D eigenvalue weighted by Gasteiger charge is 2.77. The molecule has 4 aliphatic rings. The number of carbonyl (C=O) groups excluding carboxylic acids is 1. The van der Waals surface area contributed by atoms with Crippen molar-refractivity contribution >= 4 is 11.7 Å². The van der Waals surface area contributed by atoms with Crippen LogP contribution in [0, 0.1) is 17.0 Å². The van der Waals surface area contributed by atoms with E-state index in [1.165, 1.54) is 7.11 Å². The van der Waals surface area contributed by atoms with Gasteiger partial charge in [0.1, 0.15) is 0 Å². The van der Waals surface area contributed by atoms with E-state index >= 15 is 0 Å². The summed E-state index contributed by atoms with van der Waals surface area (Å²) in [5, 5.41) is 17.8. The largest absolute Gasteiger partial charge is 0.785 e. The van der Waals surface area contributed by atoms with E-state index in [4.69, 9.17) is 14.2 Å². The van der Waals surface area contributed by atoms with Crippen molar-refractivity contribution < 1.29 is 19.0 Å². The van der Waals surface area contributed by atoms with Crippen molar-refractivity contribution in [1.82, 2.24) is 5.06 Å². The SMILES string of the molecule is CC=C1CN([O-])[C@@H]2C[C@H]1[C@@H](C(=O)OC)[C@@]13C[C@H](OC)O[C@@]21Nc1ccccc13.